The zero-order valence-corrected chi connectivity index (χ0v) is 12.6. The Morgan fingerprint density at radius 1 is 1.09 bits per heavy atom. The number of fused-ring (bicyclic) bond motifs is 3. The third-order valence-corrected chi connectivity index (χ3v) is 4.60. The van der Waals surface area contributed by atoms with Gasteiger partial charge in [0.15, 0.2) is 4.96 Å². The van der Waals surface area contributed by atoms with Gasteiger partial charge in [-0.05, 0) is 36.4 Å². The van der Waals surface area contributed by atoms with Crippen molar-refractivity contribution in [1.29, 1.82) is 0 Å². The summed E-state index contributed by atoms with van der Waals surface area (Å²) in [4.78, 5) is 17.8. The Labute approximate surface area is 130 Å². The Kier molecular flexibility index (Phi) is 2.94. The molecule has 0 aliphatic heterocycles. The zero-order chi connectivity index (χ0) is 15.1. The van der Waals surface area contributed by atoms with Crippen LogP contribution in [0.25, 0.3) is 26.4 Å². The fourth-order valence-electron chi connectivity index (χ4n) is 2.49. The molecule has 0 amide bonds. The van der Waals surface area contributed by atoms with Crippen LogP contribution in [-0.4, -0.2) is 16.5 Å². The van der Waals surface area contributed by atoms with E-state index < -0.39 is 0 Å². The molecule has 0 aliphatic rings. The lowest BCUT2D eigenvalue weighted by atomic mass is 10.1. The van der Waals surface area contributed by atoms with E-state index in [4.69, 9.17) is 4.74 Å². The first-order valence-electron chi connectivity index (χ1n) is 6.82. The topological polar surface area (TPSA) is 43.6 Å². The highest BCUT2D eigenvalue weighted by Crippen LogP contribution is 2.26. The van der Waals surface area contributed by atoms with Gasteiger partial charge in [-0.15, -0.1) is 0 Å². The molecule has 0 bridgehead atoms. The summed E-state index contributed by atoms with van der Waals surface area (Å²) in [5.74, 6) is 0.781. The zero-order valence-electron chi connectivity index (χ0n) is 11.8. The van der Waals surface area contributed by atoms with E-state index in [0.29, 0.717) is 10.7 Å². The lowest BCUT2D eigenvalue weighted by Crippen LogP contribution is -2.12. The molecule has 0 N–H and O–H groups in total. The number of para-hydroxylation sites is 1. The Bertz CT molecular complexity index is 1030. The minimum absolute atomic E-state index is 0.0618. The van der Waals surface area contributed by atoms with E-state index in [-0.39, 0.29) is 5.56 Å². The molecular weight excluding hydrogens is 296 g/mol. The second-order valence-corrected chi connectivity index (χ2v) is 5.90. The molecule has 0 fully saturated rings. The summed E-state index contributed by atoms with van der Waals surface area (Å²) in [5, 5.41) is 0. The fraction of sp³-hybridized carbons (Fsp3) is 0.0588. The summed E-state index contributed by atoms with van der Waals surface area (Å²) in [6.45, 7) is 0. The average molecular weight is 308 g/mol. The number of ether oxygens (including phenoxy) is 1. The van der Waals surface area contributed by atoms with Crippen LogP contribution in [0, 0.1) is 0 Å². The van der Waals surface area contributed by atoms with Gasteiger partial charge < -0.3 is 4.74 Å². The quantitative estimate of drug-likeness (QED) is 0.568. The van der Waals surface area contributed by atoms with Gasteiger partial charge in [-0.2, -0.15) is 0 Å². The molecule has 0 saturated carbocycles. The Morgan fingerprint density at radius 2 is 1.86 bits per heavy atom. The van der Waals surface area contributed by atoms with E-state index in [0.717, 1.165) is 21.5 Å². The SMILES string of the molecule is COc1ccc(-c2cc(=O)n3c(n2)sc2ccccc23)cc1. The molecule has 0 unspecified atom stereocenters. The maximum Gasteiger partial charge on any atom is 0.259 e. The van der Waals surface area contributed by atoms with Crippen molar-refractivity contribution < 1.29 is 4.74 Å². The van der Waals surface area contributed by atoms with Gasteiger partial charge in [0.25, 0.3) is 5.56 Å². The van der Waals surface area contributed by atoms with Crippen LogP contribution in [0.15, 0.2) is 59.4 Å². The molecule has 0 spiro atoms. The predicted octanol–water partition coefficient (Wildman–Crippen LogP) is 3.58. The van der Waals surface area contributed by atoms with Gasteiger partial charge in [0.1, 0.15) is 5.75 Å². The number of aromatic nitrogens is 2. The number of hydrogen-bond donors (Lipinski definition) is 0. The summed E-state index contributed by atoms with van der Waals surface area (Å²) in [7, 11) is 1.63. The molecule has 108 valence electrons. The van der Waals surface area contributed by atoms with Crippen LogP contribution in [0.2, 0.25) is 0 Å². The number of rotatable bonds is 2. The molecule has 4 rings (SSSR count). The molecule has 0 atom stereocenters. The average Bonchev–Trinajstić information content (AvgIpc) is 2.93. The van der Waals surface area contributed by atoms with Crippen LogP contribution in [0.1, 0.15) is 0 Å². The second-order valence-electron chi connectivity index (χ2n) is 4.90. The van der Waals surface area contributed by atoms with Crippen LogP contribution in [0.3, 0.4) is 0 Å². The maximum atomic E-state index is 12.5. The molecular formula is C17H12N2O2S. The molecule has 4 aromatic rings. The van der Waals surface area contributed by atoms with Gasteiger partial charge >= 0.3 is 0 Å². The lowest BCUT2D eigenvalue weighted by Gasteiger charge is -2.03. The third-order valence-electron chi connectivity index (χ3n) is 3.58. The van der Waals surface area contributed by atoms with Crippen molar-refractivity contribution in [1.82, 2.24) is 9.38 Å². The summed E-state index contributed by atoms with van der Waals surface area (Å²) < 4.78 is 7.87. The van der Waals surface area contributed by atoms with E-state index in [1.165, 1.54) is 11.3 Å². The smallest absolute Gasteiger partial charge is 0.259 e. The van der Waals surface area contributed by atoms with Crippen molar-refractivity contribution in [2.24, 2.45) is 0 Å². The van der Waals surface area contributed by atoms with Crippen LogP contribution in [0.4, 0.5) is 0 Å². The molecule has 4 nitrogen and oxygen atoms in total. The monoisotopic (exact) mass is 308 g/mol. The van der Waals surface area contributed by atoms with E-state index >= 15 is 0 Å². The van der Waals surface area contributed by atoms with E-state index in [9.17, 15) is 4.79 Å². The largest absolute Gasteiger partial charge is 0.497 e. The van der Waals surface area contributed by atoms with Crippen molar-refractivity contribution in [3.63, 3.8) is 0 Å². The van der Waals surface area contributed by atoms with Gasteiger partial charge in [0.05, 0.1) is 23.0 Å². The Hall–Kier alpha value is -2.66. The number of nitrogens with zero attached hydrogens (tertiary/aromatic N) is 2. The Morgan fingerprint density at radius 3 is 2.64 bits per heavy atom. The molecule has 0 radical (unpaired) electrons. The fourth-order valence-corrected chi connectivity index (χ4v) is 3.52. The van der Waals surface area contributed by atoms with Gasteiger partial charge in [0, 0.05) is 11.6 Å². The van der Waals surface area contributed by atoms with Crippen molar-refractivity contribution in [2.75, 3.05) is 7.11 Å². The van der Waals surface area contributed by atoms with Crippen molar-refractivity contribution >= 4 is 26.5 Å². The highest BCUT2D eigenvalue weighted by molar-refractivity contribution is 7.23. The van der Waals surface area contributed by atoms with Crippen LogP contribution in [0.5, 0.6) is 5.75 Å². The number of benzene rings is 2. The first kappa shape index (κ1) is 13.0. The van der Waals surface area contributed by atoms with Crippen molar-refractivity contribution in [3.8, 4) is 17.0 Å². The Balaban J connectivity index is 1.96. The second kappa shape index (κ2) is 4.96. The van der Waals surface area contributed by atoms with Gasteiger partial charge in [-0.3, -0.25) is 9.20 Å². The highest BCUT2D eigenvalue weighted by Gasteiger charge is 2.10. The summed E-state index contributed by atoms with van der Waals surface area (Å²) in [6, 6.07) is 17.0. The van der Waals surface area contributed by atoms with E-state index in [1.54, 1.807) is 17.6 Å². The first-order valence-corrected chi connectivity index (χ1v) is 7.64. The number of methoxy groups -OCH3 is 1. The van der Waals surface area contributed by atoms with Crippen LogP contribution in [-0.2, 0) is 0 Å². The minimum Gasteiger partial charge on any atom is -0.497 e. The van der Waals surface area contributed by atoms with E-state index in [2.05, 4.69) is 4.98 Å². The standard InChI is InChI=1S/C17H12N2O2S/c1-21-12-8-6-11(7-9-12)13-10-16(20)19-14-4-2-3-5-15(14)22-17(19)18-13/h2-10H,1H3. The third kappa shape index (κ3) is 1.98. The van der Waals surface area contributed by atoms with Crippen molar-refractivity contribution in [3.05, 3.63) is 65.0 Å². The number of thiazole rings is 1. The predicted molar refractivity (Wildman–Crippen MR) is 88.8 cm³/mol. The molecule has 2 aromatic heterocycles. The highest BCUT2D eigenvalue weighted by atomic mass is 32.1. The molecule has 2 heterocycles. The molecule has 0 saturated heterocycles. The molecule has 5 heteroatoms. The van der Waals surface area contributed by atoms with Crippen LogP contribution >= 0.6 is 11.3 Å². The summed E-state index contributed by atoms with van der Waals surface area (Å²) in [6.07, 6.45) is 0. The first-order chi connectivity index (χ1) is 10.8. The molecule has 22 heavy (non-hydrogen) atoms. The van der Waals surface area contributed by atoms with Crippen molar-refractivity contribution in [2.45, 2.75) is 0 Å². The maximum absolute atomic E-state index is 12.5. The lowest BCUT2D eigenvalue weighted by molar-refractivity contribution is 0.415. The minimum atomic E-state index is -0.0618. The van der Waals surface area contributed by atoms with Gasteiger partial charge in [0.2, 0.25) is 0 Å². The van der Waals surface area contributed by atoms with Gasteiger partial charge in [-0.1, -0.05) is 23.5 Å². The normalized spacial score (nSPS) is 11.1. The van der Waals surface area contributed by atoms with Gasteiger partial charge in [-0.25, -0.2) is 4.98 Å². The summed E-state index contributed by atoms with van der Waals surface area (Å²) in [5.41, 5.74) is 2.42. The summed E-state index contributed by atoms with van der Waals surface area (Å²) >= 11 is 1.52. The molecule has 2 aromatic carbocycles. The number of hydrogen-bond acceptors (Lipinski definition) is 4. The van der Waals surface area contributed by atoms with E-state index in [1.807, 2.05) is 48.5 Å². The van der Waals surface area contributed by atoms with Crippen LogP contribution < -0.4 is 10.3 Å². The molecule has 0 aliphatic carbocycles.